The lowest BCUT2D eigenvalue weighted by Crippen LogP contribution is -2.25. The Morgan fingerprint density at radius 2 is 1.53 bits per heavy atom. The summed E-state index contributed by atoms with van der Waals surface area (Å²) in [6, 6.07) is 10.5. The Kier molecular flexibility index (Phi) is 6.34. The van der Waals surface area contributed by atoms with E-state index < -0.39 is 60.0 Å². The number of hydrogen-bond acceptors (Lipinski definition) is 10. The molecule has 0 saturated heterocycles. The molecule has 1 aliphatic rings. The van der Waals surface area contributed by atoms with Gasteiger partial charge in [-0.05, 0) is 24.3 Å². The van der Waals surface area contributed by atoms with Crippen LogP contribution in [-0.2, 0) is 20.0 Å². The minimum Gasteiger partial charge on any atom is -0.495 e. The van der Waals surface area contributed by atoms with Crippen LogP contribution in [0, 0.1) is 0 Å². The molecule has 0 radical (unpaired) electrons. The molecule has 0 unspecified atom stereocenters. The third kappa shape index (κ3) is 4.22. The van der Waals surface area contributed by atoms with E-state index in [4.69, 9.17) is 15.6 Å². The fourth-order valence-corrected chi connectivity index (χ4v) is 5.66. The molecule has 3 aromatic rings. The molecule has 4 rings (SSSR count). The number of ketones is 2. The van der Waals surface area contributed by atoms with Gasteiger partial charge in [-0.3, -0.25) is 14.1 Å². The molecule has 0 amide bonds. The molecule has 0 fully saturated rings. The van der Waals surface area contributed by atoms with Gasteiger partial charge in [0.2, 0.25) is 0 Å². The van der Waals surface area contributed by atoms with Gasteiger partial charge < -0.3 is 20.9 Å². The van der Waals surface area contributed by atoms with Gasteiger partial charge in [-0.15, -0.1) is 0 Å². The summed E-state index contributed by atoms with van der Waals surface area (Å²) in [7, 11) is -7.52. The Bertz CT molecular complexity index is 1650. The first-order valence-corrected chi connectivity index (χ1v) is 13.4. The van der Waals surface area contributed by atoms with Gasteiger partial charge in [-0.2, -0.15) is 8.42 Å². The molecular formula is C23H20N2O9S2. The van der Waals surface area contributed by atoms with Gasteiger partial charge in [-0.1, -0.05) is 24.3 Å². The van der Waals surface area contributed by atoms with Crippen molar-refractivity contribution < 1.29 is 40.8 Å². The molecule has 0 heterocycles. The normalized spacial score (nSPS) is 13.2. The van der Waals surface area contributed by atoms with Crippen molar-refractivity contribution in [2.24, 2.45) is 0 Å². The molecule has 0 aromatic heterocycles. The average molecular weight is 533 g/mol. The number of nitrogen functional groups attached to an aromatic ring is 1. The van der Waals surface area contributed by atoms with Gasteiger partial charge in [0.15, 0.2) is 21.4 Å². The zero-order chi connectivity index (χ0) is 26.4. The van der Waals surface area contributed by atoms with Crippen LogP contribution in [-0.4, -0.2) is 57.5 Å². The summed E-state index contributed by atoms with van der Waals surface area (Å²) in [5.41, 5.74) is 4.54. The van der Waals surface area contributed by atoms with Gasteiger partial charge >= 0.3 is 0 Å². The number of ether oxygens (including phenoxy) is 1. The average Bonchev–Trinajstić information content (AvgIpc) is 2.82. The van der Waals surface area contributed by atoms with Gasteiger partial charge in [0, 0.05) is 11.1 Å². The highest BCUT2D eigenvalue weighted by atomic mass is 32.2. The first kappa shape index (κ1) is 25.3. The number of carbonyl (C=O) groups excluding carboxylic acids is 2. The van der Waals surface area contributed by atoms with Gasteiger partial charge in [0.25, 0.3) is 10.1 Å². The summed E-state index contributed by atoms with van der Waals surface area (Å²) in [4.78, 5) is 25.7. The highest BCUT2D eigenvalue weighted by Gasteiger charge is 2.36. The van der Waals surface area contributed by atoms with E-state index in [0.717, 1.165) is 6.07 Å². The Morgan fingerprint density at radius 3 is 2.08 bits per heavy atom. The maximum absolute atomic E-state index is 13.4. The van der Waals surface area contributed by atoms with E-state index in [-0.39, 0.29) is 38.7 Å². The Labute approximate surface area is 206 Å². The minimum absolute atomic E-state index is 0.00359. The number of fused-ring (bicyclic) bond motifs is 2. The molecule has 0 atom stereocenters. The van der Waals surface area contributed by atoms with E-state index in [9.17, 15) is 31.0 Å². The smallest absolute Gasteiger partial charge is 0.296 e. The van der Waals surface area contributed by atoms with Gasteiger partial charge in [0.1, 0.15) is 10.6 Å². The predicted molar refractivity (Wildman–Crippen MR) is 129 cm³/mol. The monoisotopic (exact) mass is 532 g/mol. The van der Waals surface area contributed by atoms with Crippen molar-refractivity contribution in [2.75, 3.05) is 30.5 Å². The first-order valence-electron chi connectivity index (χ1n) is 10.3. The van der Waals surface area contributed by atoms with Crippen LogP contribution in [0.5, 0.6) is 5.75 Å². The molecule has 0 bridgehead atoms. The summed E-state index contributed by atoms with van der Waals surface area (Å²) in [5.74, 6) is -1.80. The highest BCUT2D eigenvalue weighted by Crippen LogP contribution is 2.41. The van der Waals surface area contributed by atoms with Gasteiger partial charge in [-0.25, -0.2) is 8.42 Å². The summed E-state index contributed by atoms with van der Waals surface area (Å²) < 4.78 is 64.1. The SMILES string of the molecule is COc1ccc(S(=O)(=O)CCO)cc1Nc1cc(S(=O)(=O)O)c(N)c2c1C(=O)c1ccccc1C2=O. The number of sulfone groups is 1. The third-order valence-electron chi connectivity index (χ3n) is 5.64. The van der Waals surface area contributed by atoms with Crippen LogP contribution in [0.15, 0.2) is 58.3 Å². The molecule has 13 heteroatoms. The zero-order valence-electron chi connectivity index (χ0n) is 18.7. The third-order valence-corrected chi connectivity index (χ3v) is 8.22. The maximum atomic E-state index is 13.4. The molecule has 0 saturated carbocycles. The van der Waals surface area contributed by atoms with Crippen LogP contribution in [0.25, 0.3) is 0 Å². The predicted octanol–water partition coefficient (Wildman–Crippen LogP) is 1.81. The number of aliphatic hydroxyl groups excluding tert-OH is 1. The van der Waals surface area contributed by atoms with Crippen molar-refractivity contribution in [1.82, 2.24) is 0 Å². The Morgan fingerprint density at radius 1 is 0.917 bits per heavy atom. The molecule has 5 N–H and O–H groups in total. The van der Waals surface area contributed by atoms with Gasteiger partial charge in [0.05, 0.1) is 52.6 Å². The van der Waals surface area contributed by atoms with E-state index in [0.29, 0.717) is 0 Å². The highest BCUT2D eigenvalue weighted by molar-refractivity contribution is 7.91. The zero-order valence-corrected chi connectivity index (χ0v) is 20.3. The van der Waals surface area contributed by atoms with Crippen LogP contribution >= 0.6 is 0 Å². The van der Waals surface area contributed by atoms with Crippen LogP contribution in [0.4, 0.5) is 17.1 Å². The molecular weight excluding hydrogens is 512 g/mol. The number of nitrogens with one attached hydrogen (secondary N) is 1. The Balaban J connectivity index is 2.00. The molecule has 188 valence electrons. The van der Waals surface area contributed by atoms with Crippen molar-refractivity contribution in [3.8, 4) is 5.75 Å². The van der Waals surface area contributed by atoms with Crippen molar-refractivity contribution in [2.45, 2.75) is 9.79 Å². The summed E-state index contributed by atoms with van der Waals surface area (Å²) >= 11 is 0. The standard InChI is InChI=1S/C23H20N2O9S2/c1-34-17-7-6-12(35(29,30)9-8-26)10-15(17)25-16-11-18(36(31,32)33)21(24)20-19(16)22(27)13-4-2-3-5-14(13)23(20)28/h2-7,10-11,25-26H,8-9,24H2,1H3,(H,31,32,33). The van der Waals surface area contributed by atoms with Crippen LogP contribution < -0.4 is 15.8 Å². The van der Waals surface area contributed by atoms with E-state index in [1.807, 2.05) is 0 Å². The number of hydrogen-bond donors (Lipinski definition) is 4. The van der Waals surface area contributed by atoms with Crippen molar-refractivity contribution in [1.29, 1.82) is 0 Å². The molecule has 36 heavy (non-hydrogen) atoms. The largest absolute Gasteiger partial charge is 0.495 e. The van der Waals surface area contributed by atoms with E-state index >= 15 is 0 Å². The Hall–Kier alpha value is -3.78. The number of rotatable bonds is 7. The van der Waals surface area contributed by atoms with Crippen molar-refractivity contribution in [3.63, 3.8) is 0 Å². The quantitative estimate of drug-likeness (QED) is 0.200. The first-order chi connectivity index (χ1) is 16.9. The lowest BCUT2D eigenvalue weighted by atomic mass is 9.82. The van der Waals surface area contributed by atoms with Crippen molar-refractivity contribution in [3.05, 3.63) is 70.8 Å². The fourth-order valence-electron chi connectivity index (χ4n) is 3.97. The minimum atomic E-state index is -4.94. The van der Waals surface area contributed by atoms with Crippen LogP contribution in [0.2, 0.25) is 0 Å². The second-order valence-electron chi connectivity index (χ2n) is 7.79. The number of nitrogens with two attached hydrogens (primary N) is 1. The summed E-state index contributed by atoms with van der Waals surface area (Å²) in [6.45, 7) is -0.615. The summed E-state index contributed by atoms with van der Waals surface area (Å²) in [5, 5.41) is 11.9. The molecule has 0 spiro atoms. The molecule has 0 aliphatic heterocycles. The fraction of sp³-hybridized carbons (Fsp3) is 0.130. The second kappa shape index (κ2) is 9.02. The maximum Gasteiger partial charge on any atom is 0.296 e. The summed E-state index contributed by atoms with van der Waals surface area (Å²) in [6.07, 6.45) is 0. The van der Waals surface area contributed by atoms with E-state index in [2.05, 4.69) is 5.32 Å². The second-order valence-corrected chi connectivity index (χ2v) is 11.3. The molecule has 1 aliphatic carbocycles. The van der Waals surface area contributed by atoms with Crippen molar-refractivity contribution >= 4 is 48.6 Å². The lowest BCUT2D eigenvalue weighted by Gasteiger charge is -2.24. The number of benzene rings is 3. The molecule has 3 aromatic carbocycles. The van der Waals surface area contributed by atoms with E-state index in [1.165, 1.54) is 43.5 Å². The number of methoxy groups -OCH3 is 1. The molecule has 11 nitrogen and oxygen atoms in total. The van der Waals surface area contributed by atoms with Crippen LogP contribution in [0.3, 0.4) is 0 Å². The number of carbonyl (C=O) groups is 2. The lowest BCUT2D eigenvalue weighted by molar-refractivity contribution is 0.0980. The van der Waals surface area contributed by atoms with E-state index in [1.54, 1.807) is 6.07 Å². The number of aliphatic hydroxyl groups is 1. The van der Waals surface area contributed by atoms with Crippen LogP contribution in [0.1, 0.15) is 31.8 Å². The topological polar surface area (TPSA) is 190 Å². The number of anilines is 3.